The molecule has 0 atom stereocenters. The highest BCUT2D eigenvalue weighted by Gasteiger charge is 2.14. The molecule has 0 spiro atoms. The number of benzene rings is 2. The van der Waals surface area contributed by atoms with E-state index in [4.69, 9.17) is 4.74 Å². The summed E-state index contributed by atoms with van der Waals surface area (Å²) in [5.74, 6) is 0.436. The molecule has 2 aromatic carbocycles. The SMILES string of the molecule is CCNS(=O)(=O)c1ccc(OCCNC(=O)c2cccc(C)c2)c(C)c1. The number of amides is 1. The molecular weight excluding hydrogens is 352 g/mol. The van der Waals surface area contributed by atoms with Gasteiger partial charge in [-0.2, -0.15) is 0 Å². The van der Waals surface area contributed by atoms with Crippen LogP contribution in [0.3, 0.4) is 0 Å². The topological polar surface area (TPSA) is 84.5 Å². The number of sulfonamides is 1. The Morgan fingerprint density at radius 3 is 2.54 bits per heavy atom. The van der Waals surface area contributed by atoms with Crippen molar-refractivity contribution >= 4 is 15.9 Å². The second-order valence-electron chi connectivity index (χ2n) is 5.90. The Bertz CT molecular complexity index is 879. The van der Waals surface area contributed by atoms with Crippen LogP contribution in [-0.2, 0) is 10.0 Å². The first-order valence-electron chi connectivity index (χ1n) is 8.41. The molecule has 0 fully saturated rings. The van der Waals surface area contributed by atoms with Crippen molar-refractivity contribution in [2.45, 2.75) is 25.7 Å². The Hall–Kier alpha value is -2.38. The third-order valence-corrected chi connectivity index (χ3v) is 5.26. The standard InChI is InChI=1S/C19H24N2O4S/c1-4-21-26(23,24)17-8-9-18(15(3)13-17)25-11-10-20-19(22)16-7-5-6-14(2)12-16/h5-9,12-13,21H,4,10-11H2,1-3H3,(H,20,22). The number of hydrogen-bond acceptors (Lipinski definition) is 4. The molecule has 0 aromatic heterocycles. The summed E-state index contributed by atoms with van der Waals surface area (Å²) in [6.45, 7) is 6.42. The zero-order valence-electron chi connectivity index (χ0n) is 15.2. The van der Waals surface area contributed by atoms with E-state index in [2.05, 4.69) is 10.0 Å². The quantitative estimate of drug-likeness (QED) is 0.693. The van der Waals surface area contributed by atoms with E-state index in [0.29, 0.717) is 30.0 Å². The molecule has 0 saturated heterocycles. The number of aryl methyl sites for hydroxylation is 2. The van der Waals surface area contributed by atoms with Crippen LogP contribution < -0.4 is 14.8 Å². The van der Waals surface area contributed by atoms with Gasteiger partial charge in [-0.3, -0.25) is 4.79 Å². The van der Waals surface area contributed by atoms with Gasteiger partial charge in [-0.25, -0.2) is 13.1 Å². The number of nitrogens with one attached hydrogen (secondary N) is 2. The van der Waals surface area contributed by atoms with E-state index in [0.717, 1.165) is 5.56 Å². The molecule has 0 aliphatic heterocycles. The van der Waals surface area contributed by atoms with Crippen molar-refractivity contribution in [3.05, 3.63) is 59.2 Å². The largest absolute Gasteiger partial charge is 0.491 e. The van der Waals surface area contributed by atoms with Gasteiger partial charge in [-0.15, -0.1) is 0 Å². The molecule has 2 rings (SSSR count). The van der Waals surface area contributed by atoms with Gasteiger partial charge in [-0.1, -0.05) is 24.6 Å². The second kappa shape index (κ2) is 8.82. The number of carbonyl (C=O) groups is 1. The third kappa shape index (κ3) is 5.31. The van der Waals surface area contributed by atoms with Gasteiger partial charge in [0.05, 0.1) is 11.4 Å². The van der Waals surface area contributed by atoms with Crippen LogP contribution in [0, 0.1) is 13.8 Å². The second-order valence-corrected chi connectivity index (χ2v) is 7.67. The van der Waals surface area contributed by atoms with Crippen LogP contribution in [0.5, 0.6) is 5.75 Å². The van der Waals surface area contributed by atoms with Crippen LogP contribution in [0.4, 0.5) is 0 Å². The number of rotatable bonds is 8. The summed E-state index contributed by atoms with van der Waals surface area (Å²) in [6.07, 6.45) is 0. The number of carbonyl (C=O) groups excluding carboxylic acids is 1. The maximum Gasteiger partial charge on any atom is 0.251 e. The van der Waals surface area contributed by atoms with Crippen LogP contribution in [0.15, 0.2) is 47.4 Å². The van der Waals surface area contributed by atoms with E-state index in [1.807, 2.05) is 25.1 Å². The third-order valence-electron chi connectivity index (χ3n) is 3.72. The summed E-state index contributed by atoms with van der Waals surface area (Å²) in [4.78, 5) is 12.3. The molecule has 0 heterocycles. The van der Waals surface area contributed by atoms with Crippen molar-refractivity contribution in [1.29, 1.82) is 0 Å². The van der Waals surface area contributed by atoms with Gasteiger partial charge in [0.15, 0.2) is 0 Å². The summed E-state index contributed by atoms with van der Waals surface area (Å²) in [7, 11) is -3.48. The van der Waals surface area contributed by atoms with Gasteiger partial charge in [0.1, 0.15) is 12.4 Å². The molecule has 2 N–H and O–H groups in total. The van der Waals surface area contributed by atoms with E-state index in [9.17, 15) is 13.2 Å². The van der Waals surface area contributed by atoms with Crippen molar-refractivity contribution in [3.63, 3.8) is 0 Å². The smallest absolute Gasteiger partial charge is 0.251 e. The van der Waals surface area contributed by atoms with E-state index in [1.165, 1.54) is 6.07 Å². The normalized spacial score (nSPS) is 11.2. The minimum Gasteiger partial charge on any atom is -0.491 e. The lowest BCUT2D eigenvalue weighted by molar-refractivity contribution is 0.0947. The zero-order valence-corrected chi connectivity index (χ0v) is 16.0. The minimum atomic E-state index is -3.48. The Balaban J connectivity index is 1.89. The Morgan fingerprint density at radius 1 is 1.12 bits per heavy atom. The first kappa shape index (κ1) is 19.9. The van der Waals surface area contributed by atoms with E-state index < -0.39 is 10.0 Å². The average Bonchev–Trinajstić information content (AvgIpc) is 2.59. The highest BCUT2D eigenvalue weighted by molar-refractivity contribution is 7.89. The van der Waals surface area contributed by atoms with Gasteiger partial charge in [0.25, 0.3) is 5.91 Å². The van der Waals surface area contributed by atoms with Crippen LogP contribution >= 0.6 is 0 Å². The minimum absolute atomic E-state index is 0.152. The van der Waals surface area contributed by atoms with Crippen molar-refractivity contribution in [3.8, 4) is 5.75 Å². The van der Waals surface area contributed by atoms with Crippen LogP contribution in [0.2, 0.25) is 0 Å². The molecule has 0 saturated carbocycles. The molecule has 0 aliphatic rings. The Morgan fingerprint density at radius 2 is 1.88 bits per heavy atom. The predicted molar refractivity (Wildman–Crippen MR) is 101 cm³/mol. The summed E-state index contributed by atoms with van der Waals surface area (Å²) in [5.41, 5.74) is 2.35. The van der Waals surface area contributed by atoms with Crippen molar-refractivity contribution in [2.24, 2.45) is 0 Å². The van der Waals surface area contributed by atoms with Gasteiger partial charge in [0.2, 0.25) is 10.0 Å². The summed E-state index contributed by atoms with van der Waals surface area (Å²) >= 11 is 0. The van der Waals surface area contributed by atoms with E-state index in [1.54, 1.807) is 32.0 Å². The molecule has 0 radical (unpaired) electrons. The van der Waals surface area contributed by atoms with Crippen LogP contribution in [0.25, 0.3) is 0 Å². The van der Waals surface area contributed by atoms with Gasteiger partial charge < -0.3 is 10.1 Å². The highest BCUT2D eigenvalue weighted by Crippen LogP contribution is 2.21. The fourth-order valence-corrected chi connectivity index (χ4v) is 3.56. The zero-order chi connectivity index (χ0) is 19.2. The summed E-state index contributed by atoms with van der Waals surface area (Å²) < 4.78 is 32.1. The lowest BCUT2D eigenvalue weighted by Gasteiger charge is -2.12. The van der Waals surface area contributed by atoms with Crippen molar-refractivity contribution in [1.82, 2.24) is 10.0 Å². The first-order valence-corrected chi connectivity index (χ1v) is 9.90. The van der Waals surface area contributed by atoms with Crippen molar-refractivity contribution in [2.75, 3.05) is 19.7 Å². The van der Waals surface area contributed by atoms with Crippen LogP contribution in [-0.4, -0.2) is 34.0 Å². The maximum absolute atomic E-state index is 12.1. The number of hydrogen-bond donors (Lipinski definition) is 2. The van der Waals surface area contributed by atoms with E-state index in [-0.39, 0.29) is 17.4 Å². The summed E-state index contributed by atoms with van der Waals surface area (Å²) in [5, 5.41) is 2.80. The van der Waals surface area contributed by atoms with Crippen LogP contribution in [0.1, 0.15) is 28.4 Å². The molecular formula is C19H24N2O4S. The highest BCUT2D eigenvalue weighted by atomic mass is 32.2. The van der Waals surface area contributed by atoms with Gasteiger partial charge >= 0.3 is 0 Å². The fourth-order valence-electron chi connectivity index (χ4n) is 2.44. The van der Waals surface area contributed by atoms with Gasteiger partial charge in [0, 0.05) is 12.1 Å². The van der Waals surface area contributed by atoms with Gasteiger partial charge in [-0.05, 0) is 49.7 Å². The van der Waals surface area contributed by atoms with Crippen molar-refractivity contribution < 1.29 is 17.9 Å². The molecule has 26 heavy (non-hydrogen) atoms. The number of ether oxygens (including phenoxy) is 1. The molecule has 0 bridgehead atoms. The molecule has 7 heteroatoms. The molecule has 1 amide bonds. The molecule has 0 unspecified atom stereocenters. The fraction of sp³-hybridized carbons (Fsp3) is 0.316. The first-order chi connectivity index (χ1) is 12.3. The Kier molecular flexibility index (Phi) is 6.76. The lowest BCUT2D eigenvalue weighted by Crippen LogP contribution is -2.28. The molecule has 0 aliphatic carbocycles. The molecule has 140 valence electrons. The molecule has 6 nitrogen and oxygen atoms in total. The lowest BCUT2D eigenvalue weighted by atomic mass is 10.1. The Labute approximate surface area is 154 Å². The molecule has 2 aromatic rings. The maximum atomic E-state index is 12.1. The average molecular weight is 376 g/mol. The van der Waals surface area contributed by atoms with E-state index >= 15 is 0 Å². The monoisotopic (exact) mass is 376 g/mol. The predicted octanol–water partition coefficient (Wildman–Crippen LogP) is 2.41. The summed E-state index contributed by atoms with van der Waals surface area (Å²) in [6, 6.07) is 12.1.